The zero-order chi connectivity index (χ0) is 25.7. The van der Waals surface area contributed by atoms with Crippen LogP contribution in [0.15, 0.2) is 82.6 Å². The van der Waals surface area contributed by atoms with Crippen LogP contribution in [0, 0.1) is 12.7 Å². The van der Waals surface area contributed by atoms with Crippen LogP contribution in [-0.2, 0) is 33.7 Å². The van der Waals surface area contributed by atoms with Gasteiger partial charge in [0.1, 0.15) is 34.8 Å². The van der Waals surface area contributed by atoms with Gasteiger partial charge in [-0.2, -0.15) is 8.42 Å². The topological polar surface area (TPSA) is 105 Å². The molecule has 1 atom stereocenters. The standard InChI is InChI=1S/C27H27FN2O5S/c1-3-25(29)35-36(31,32)24-15-12-18(2)27(28)21(24)17-33-20-13-14-22-23(16-20)34-26(30-22)11-7-10-19-8-5-4-6-9-19/h3-6,8-9,12-16,25H,1,7,10-11,17,29H2,2H3. The summed E-state index contributed by atoms with van der Waals surface area (Å²) in [5.74, 6) is 0.294. The van der Waals surface area contributed by atoms with Crippen LogP contribution in [0.2, 0.25) is 0 Å². The Labute approximate surface area is 209 Å². The van der Waals surface area contributed by atoms with Crippen molar-refractivity contribution in [1.29, 1.82) is 0 Å². The third kappa shape index (κ3) is 5.99. The Balaban J connectivity index is 1.48. The highest BCUT2D eigenvalue weighted by Crippen LogP contribution is 2.27. The van der Waals surface area contributed by atoms with Gasteiger partial charge in [0.15, 0.2) is 11.5 Å². The number of halogens is 1. The van der Waals surface area contributed by atoms with Gasteiger partial charge >= 0.3 is 0 Å². The Bertz CT molecular complexity index is 1470. The molecule has 0 amide bonds. The third-order valence-corrected chi connectivity index (χ3v) is 7.02. The van der Waals surface area contributed by atoms with Crippen molar-refractivity contribution in [3.8, 4) is 5.75 Å². The van der Waals surface area contributed by atoms with Crippen molar-refractivity contribution >= 4 is 21.2 Å². The molecule has 1 heterocycles. The molecule has 0 aliphatic carbocycles. The number of hydrogen-bond acceptors (Lipinski definition) is 7. The molecular weight excluding hydrogens is 483 g/mol. The van der Waals surface area contributed by atoms with Crippen LogP contribution in [-0.4, -0.2) is 19.6 Å². The molecule has 2 N–H and O–H groups in total. The van der Waals surface area contributed by atoms with Crippen molar-refractivity contribution in [2.45, 2.75) is 43.9 Å². The van der Waals surface area contributed by atoms with Gasteiger partial charge in [-0.05, 0) is 55.2 Å². The van der Waals surface area contributed by atoms with E-state index in [1.54, 1.807) is 18.2 Å². The van der Waals surface area contributed by atoms with E-state index in [0.29, 0.717) is 29.2 Å². The number of benzene rings is 3. The van der Waals surface area contributed by atoms with E-state index in [2.05, 4.69) is 23.7 Å². The van der Waals surface area contributed by atoms with Crippen molar-refractivity contribution < 1.29 is 26.1 Å². The van der Waals surface area contributed by atoms with Crippen molar-refractivity contribution in [2.75, 3.05) is 0 Å². The minimum atomic E-state index is -4.35. The number of aryl methyl sites for hydroxylation is 3. The highest BCUT2D eigenvalue weighted by molar-refractivity contribution is 7.86. The molecule has 4 aromatic rings. The molecule has 0 bridgehead atoms. The van der Waals surface area contributed by atoms with Gasteiger partial charge in [-0.25, -0.2) is 13.6 Å². The minimum Gasteiger partial charge on any atom is -0.489 e. The first-order valence-electron chi connectivity index (χ1n) is 11.4. The van der Waals surface area contributed by atoms with E-state index in [0.717, 1.165) is 18.9 Å². The van der Waals surface area contributed by atoms with Gasteiger partial charge in [0.2, 0.25) is 0 Å². The van der Waals surface area contributed by atoms with Crippen LogP contribution in [0.1, 0.15) is 29.0 Å². The molecular formula is C27H27FN2O5S. The lowest BCUT2D eigenvalue weighted by Crippen LogP contribution is -2.25. The SMILES string of the molecule is C=CC(N)OS(=O)(=O)c1ccc(C)c(F)c1COc1ccc2nc(CCCc3ccccc3)oc2c1. The van der Waals surface area contributed by atoms with E-state index in [4.69, 9.17) is 19.1 Å². The quantitative estimate of drug-likeness (QED) is 0.168. The molecule has 1 aromatic heterocycles. The normalized spacial score (nSPS) is 12.5. The molecule has 1 unspecified atom stereocenters. The number of aromatic nitrogens is 1. The van der Waals surface area contributed by atoms with Crippen molar-refractivity contribution in [1.82, 2.24) is 4.98 Å². The van der Waals surface area contributed by atoms with E-state index in [1.165, 1.54) is 24.6 Å². The highest BCUT2D eigenvalue weighted by atomic mass is 32.2. The summed E-state index contributed by atoms with van der Waals surface area (Å²) in [7, 11) is -4.35. The van der Waals surface area contributed by atoms with Crippen LogP contribution in [0.5, 0.6) is 5.75 Å². The Morgan fingerprint density at radius 3 is 2.67 bits per heavy atom. The number of hydrogen-bond donors (Lipinski definition) is 1. The Kier molecular flexibility index (Phi) is 7.83. The van der Waals surface area contributed by atoms with Gasteiger partial charge in [0.25, 0.3) is 10.1 Å². The fourth-order valence-corrected chi connectivity index (χ4v) is 4.88. The maximum absolute atomic E-state index is 14.9. The first kappa shape index (κ1) is 25.6. The molecule has 3 aromatic carbocycles. The van der Waals surface area contributed by atoms with Crippen LogP contribution in [0.25, 0.3) is 11.1 Å². The second-order valence-electron chi connectivity index (χ2n) is 8.29. The minimum absolute atomic E-state index is 0.162. The van der Waals surface area contributed by atoms with Gasteiger partial charge < -0.3 is 14.9 Å². The predicted octanol–water partition coefficient (Wildman–Crippen LogP) is 5.21. The summed E-state index contributed by atoms with van der Waals surface area (Å²) in [6, 6.07) is 17.9. The van der Waals surface area contributed by atoms with Crippen LogP contribution >= 0.6 is 0 Å². The maximum Gasteiger partial charge on any atom is 0.299 e. The molecule has 0 aliphatic heterocycles. The summed E-state index contributed by atoms with van der Waals surface area (Å²) in [5, 5.41) is 0. The molecule has 0 saturated heterocycles. The summed E-state index contributed by atoms with van der Waals surface area (Å²) in [5.41, 5.74) is 8.10. The molecule has 4 rings (SSSR count). The number of oxazole rings is 1. The number of fused-ring (bicyclic) bond motifs is 1. The van der Waals surface area contributed by atoms with E-state index in [1.807, 2.05) is 18.2 Å². The van der Waals surface area contributed by atoms with E-state index >= 15 is 0 Å². The lowest BCUT2D eigenvalue weighted by molar-refractivity contribution is 0.260. The first-order chi connectivity index (χ1) is 17.3. The fraction of sp³-hybridized carbons (Fsp3) is 0.222. The maximum atomic E-state index is 14.9. The van der Waals surface area contributed by atoms with E-state index in [9.17, 15) is 12.8 Å². The van der Waals surface area contributed by atoms with Crippen molar-refractivity contribution in [2.24, 2.45) is 5.73 Å². The molecule has 9 heteroatoms. The molecule has 188 valence electrons. The largest absolute Gasteiger partial charge is 0.489 e. The Hall–Kier alpha value is -3.53. The summed E-state index contributed by atoms with van der Waals surface area (Å²) >= 11 is 0. The zero-order valence-corrected chi connectivity index (χ0v) is 20.6. The number of ether oxygens (including phenoxy) is 1. The molecule has 0 aliphatic rings. The monoisotopic (exact) mass is 510 g/mol. The second kappa shape index (κ2) is 11.0. The zero-order valence-electron chi connectivity index (χ0n) is 19.8. The number of nitrogens with two attached hydrogens (primary N) is 1. The molecule has 36 heavy (non-hydrogen) atoms. The summed E-state index contributed by atoms with van der Waals surface area (Å²) in [6.07, 6.45) is 2.36. The second-order valence-corrected chi connectivity index (χ2v) is 9.83. The highest BCUT2D eigenvalue weighted by Gasteiger charge is 2.25. The average Bonchev–Trinajstić information content (AvgIpc) is 3.27. The van der Waals surface area contributed by atoms with Gasteiger partial charge in [0, 0.05) is 18.1 Å². The Morgan fingerprint density at radius 2 is 1.92 bits per heavy atom. The molecule has 7 nitrogen and oxygen atoms in total. The Morgan fingerprint density at radius 1 is 1.14 bits per heavy atom. The molecule has 0 radical (unpaired) electrons. The smallest absolute Gasteiger partial charge is 0.299 e. The summed E-state index contributed by atoms with van der Waals surface area (Å²) < 4.78 is 56.7. The molecule has 0 fully saturated rings. The lowest BCUT2D eigenvalue weighted by atomic mass is 10.1. The fourth-order valence-electron chi connectivity index (χ4n) is 3.72. The van der Waals surface area contributed by atoms with Crippen LogP contribution in [0.3, 0.4) is 0 Å². The van der Waals surface area contributed by atoms with Gasteiger partial charge in [-0.3, -0.25) is 0 Å². The number of rotatable bonds is 11. The van der Waals surface area contributed by atoms with Gasteiger partial charge in [-0.15, -0.1) is 0 Å². The number of nitrogens with zero attached hydrogens (tertiary/aromatic N) is 1. The molecule has 0 spiro atoms. The first-order valence-corrected chi connectivity index (χ1v) is 12.8. The van der Waals surface area contributed by atoms with Gasteiger partial charge in [0.05, 0.1) is 0 Å². The summed E-state index contributed by atoms with van der Waals surface area (Å²) in [6.45, 7) is 4.58. The third-order valence-electron chi connectivity index (χ3n) is 5.62. The van der Waals surface area contributed by atoms with Crippen molar-refractivity contribution in [3.05, 3.63) is 102 Å². The van der Waals surface area contributed by atoms with Gasteiger partial charge in [-0.1, -0.05) is 43.0 Å². The molecule has 0 saturated carbocycles. The average molecular weight is 511 g/mol. The van der Waals surface area contributed by atoms with E-state index < -0.39 is 22.2 Å². The van der Waals surface area contributed by atoms with E-state index in [-0.39, 0.29) is 22.6 Å². The van der Waals surface area contributed by atoms with Crippen molar-refractivity contribution in [3.63, 3.8) is 0 Å². The predicted molar refractivity (Wildman–Crippen MR) is 134 cm³/mol. The lowest BCUT2D eigenvalue weighted by Gasteiger charge is -2.15. The van der Waals surface area contributed by atoms with Crippen LogP contribution in [0.4, 0.5) is 4.39 Å². The summed E-state index contributed by atoms with van der Waals surface area (Å²) in [4.78, 5) is 4.16. The van der Waals surface area contributed by atoms with Crippen LogP contribution < -0.4 is 10.5 Å².